The number of likely N-dealkylation sites (tertiary alicyclic amines) is 1. The summed E-state index contributed by atoms with van der Waals surface area (Å²) in [7, 11) is 0. The lowest BCUT2D eigenvalue weighted by Crippen LogP contribution is -2.53. The summed E-state index contributed by atoms with van der Waals surface area (Å²) in [4.78, 5) is 25.7. The van der Waals surface area contributed by atoms with E-state index in [0.717, 1.165) is 24.9 Å². The fraction of sp³-hybridized carbons (Fsp3) is 0.867. The Balaban J connectivity index is 1.84. The Hall–Kier alpha value is -1.10. The van der Waals surface area contributed by atoms with Crippen LogP contribution in [-0.2, 0) is 4.79 Å². The Morgan fingerprint density at radius 2 is 1.90 bits per heavy atom. The van der Waals surface area contributed by atoms with Crippen LogP contribution in [0, 0.1) is 11.8 Å². The first kappa shape index (κ1) is 15.3. The summed E-state index contributed by atoms with van der Waals surface area (Å²) in [5, 5.41) is 5.01. The van der Waals surface area contributed by atoms with Crippen LogP contribution < -0.4 is 10.6 Å². The maximum atomic E-state index is 12.1. The molecule has 0 spiro atoms. The zero-order chi connectivity index (χ0) is 14.5. The minimum atomic E-state index is -0.392. The summed E-state index contributed by atoms with van der Waals surface area (Å²) in [6.45, 7) is 6.25. The van der Waals surface area contributed by atoms with Gasteiger partial charge in [-0.3, -0.25) is 15.0 Å². The van der Waals surface area contributed by atoms with E-state index in [1.54, 1.807) is 0 Å². The fourth-order valence-electron chi connectivity index (χ4n) is 3.57. The molecule has 0 radical (unpaired) electrons. The lowest BCUT2D eigenvalue weighted by molar-refractivity contribution is -0.126. The first-order valence-electron chi connectivity index (χ1n) is 7.94. The van der Waals surface area contributed by atoms with Crippen LogP contribution in [0.3, 0.4) is 0 Å². The molecule has 2 aliphatic rings. The second-order valence-electron chi connectivity index (χ2n) is 6.11. The lowest BCUT2D eigenvalue weighted by Gasteiger charge is -2.43. The van der Waals surface area contributed by atoms with Gasteiger partial charge in [0.25, 0.3) is 0 Å². The van der Waals surface area contributed by atoms with Crippen LogP contribution in [0.25, 0.3) is 0 Å². The van der Waals surface area contributed by atoms with Crippen LogP contribution >= 0.6 is 0 Å². The van der Waals surface area contributed by atoms with E-state index in [4.69, 9.17) is 0 Å². The molecule has 1 saturated carbocycles. The maximum absolute atomic E-state index is 12.1. The van der Waals surface area contributed by atoms with Crippen LogP contribution in [0.1, 0.15) is 46.0 Å². The molecule has 2 N–H and O–H groups in total. The zero-order valence-electron chi connectivity index (χ0n) is 12.7. The van der Waals surface area contributed by atoms with E-state index in [2.05, 4.69) is 15.5 Å². The first-order valence-corrected chi connectivity index (χ1v) is 7.94. The van der Waals surface area contributed by atoms with Crippen molar-refractivity contribution >= 4 is 11.9 Å². The average Bonchev–Trinajstić information content (AvgIpc) is 2.46. The number of amides is 3. The molecule has 1 heterocycles. The van der Waals surface area contributed by atoms with Crippen molar-refractivity contribution in [2.24, 2.45) is 11.8 Å². The second-order valence-corrected chi connectivity index (χ2v) is 6.11. The molecule has 2 rings (SSSR count). The Kier molecular flexibility index (Phi) is 5.40. The second kappa shape index (κ2) is 7.07. The Labute approximate surface area is 121 Å². The fourth-order valence-corrected chi connectivity index (χ4v) is 3.57. The molecule has 1 aliphatic heterocycles. The van der Waals surface area contributed by atoms with Gasteiger partial charge >= 0.3 is 6.03 Å². The predicted molar refractivity (Wildman–Crippen MR) is 78.3 cm³/mol. The SMILES string of the molecule is CCNC(=O)NC(=O)[C@H](C)N1CC[C@@H]2CCCC[C@@H]2C1. The molecule has 0 unspecified atom stereocenters. The van der Waals surface area contributed by atoms with Crippen molar-refractivity contribution in [2.75, 3.05) is 19.6 Å². The van der Waals surface area contributed by atoms with Gasteiger partial charge in [0.2, 0.25) is 5.91 Å². The lowest BCUT2D eigenvalue weighted by atomic mass is 9.75. The molecule has 5 nitrogen and oxygen atoms in total. The van der Waals surface area contributed by atoms with Gasteiger partial charge in [-0.25, -0.2) is 4.79 Å². The number of carbonyl (C=O) groups is 2. The predicted octanol–water partition coefficient (Wildman–Crippen LogP) is 1.73. The highest BCUT2D eigenvalue weighted by atomic mass is 16.2. The van der Waals surface area contributed by atoms with Crippen LogP contribution in [0.4, 0.5) is 4.79 Å². The third-order valence-corrected chi connectivity index (χ3v) is 4.82. The number of carbonyl (C=O) groups excluding carboxylic acids is 2. The third kappa shape index (κ3) is 3.72. The standard InChI is InChI=1S/C15H27N3O2/c1-3-16-15(20)17-14(19)11(2)18-9-8-12-6-4-5-7-13(12)10-18/h11-13H,3-10H2,1-2H3,(H2,16,17,19,20)/t11-,12-,13+/m0/s1. The van der Waals surface area contributed by atoms with E-state index in [9.17, 15) is 9.59 Å². The number of urea groups is 1. The molecule has 5 heteroatoms. The van der Waals surface area contributed by atoms with E-state index in [1.807, 2.05) is 13.8 Å². The van der Waals surface area contributed by atoms with Crippen molar-refractivity contribution in [3.8, 4) is 0 Å². The number of imide groups is 1. The molecule has 0 aromatic rings. The van der Waals surface area contributed by atoms with Crippen LogP contribution in [0.15, 0.2) is 0 Å². The van der Waals surface area contributed by atoms with Gasteiger partial charge in [0, 0.05) is 13.1 Å². The van der Waals surface area contributed by atoms with Gasteiger partial charge in [0.05, 0.1) is 6.04 Å². The summed E-state index contributed by atoms with van der Waals surface area (Å²) in [5.74, 6) is 1.42. The molecule has 1 aliphatic carbocycles. The Morgan fingerprint density at radius 1 is 1.20 bits per heavy atom. The largest absolute Gasteiger partial charge is 0.338 e. The Bertz CT molecular complexity index is 359. The van der Waals surface area contributed by atoms with Crippen LogP contribution in [0.2, 0.25) is 0 Å². The van der Waals surface area contributed by atoms with Crippen molar-refractivity contribution in [1.29, 1.82) is 0 Å². The topological polar surface area (TPSA) is 61.4 Å². The molecule has 0 aromatic carbocycles. The quantitative estimate of drug-likeness (QED) is 0.828. The van der Waals surface area contributed by atoms with Gasteiger partial charge in [-0.05, 0) is 45.1 Å². The van der Waals surface area contributed by atoms with Crippen LogP contribution in [-0.4, -0.2) is 42.5 Å². The molecule has 20 heavy (non-hydrogen) atoms. The van der Waals surface area contributed by atoms with Crippen molar-refractivity contribution in [3.05, 3.63) is 0 Å². The van der Waals surface area contributed by atoms with Gasteiger partial charge < -0.3 is 5.32 Å². The maximum Gasteiger partial charge on any atom is 0.321 e. The molecule has 114 valence electrons. The van der Waals surface area contributed by atoms with Gasteiger partial charge in [-0.1, -0.05) is 19.3 Å². The monoisotopic (exact) mass is 281 g/mol. The van der Waals surface area contributed by atoms with Gasteiger partial charge in [-0.15, -0.1) is 0 Å². The minimum Gasteiger partial charge on any atom is -0.338 e. The minimum absolute atomic E-state index is 0.190. The number of rotatable bonds is 3. The molecule has 1 saturated heterocycles. The van der Waals surface area contributed by atoms with E-state index in [-0.39, 0.29) is 11.9 Å². The normalized spacial score (nSPS) is 28.3. The summed E-state index contributed by atoms with van der Waals surface area (Å²) in [6, 6.07) is -0.614. The summed E-state index contributed by atoms with van der Waals surface area (Å²) in [6.07, 6.45) is 6.55. The number of hydrogen-bond donors (Lipinski definition) is 2. The van der Waals surface area contributed by atoms with Gasteiger partial charge in [0.1, 0.15) is 0 Å². The smallest absolute Gasteiger partial charge is 0.321 e. The number of nitrogens with one attached hydrogen (secondary N) is 2. The molecule has 0 aromatic heterocycles. The molecule has 0 bridgehead atoms. The van der Waals surface area contributed by atoms with Gasteiger partial charge in [0.15, 0.2) is 0 Å². The number of hydrogen-bond acceptors (Lipinski definition) is 3. The molecule has 3 amide bonds. The molecule has 3 atom stereocenters. The highest BCUT2D eigenvalue weighted by Gasteiger charge is 2.34. The third-order valence-electron chi connectivity index (χ3n) is 4.82. The van der Waals surface area contributed by atoms with E-state index >= 15 is 0 Å². The molecule has 2 fully saturated rings. The van der Waals surface area contributed by atoms with Crippen molar-refractivity contribution in [2.45, 2.75) is 52.0 Å². The molecular formula is C15H27N3O2. The summed E-state index contributed by atoms with van der Waals surface area (Å²) >= 11 is 0. The highest BCUT2D eigenvalue weighted by molar-refractivity contribution is 5.96. The number of nitrogens with zero attached hydrogens (tertiary/aromatic N) is 1. The van der Waals surface area contributed by atoms with Crippen molar-refractivity contribution in [1.82, 2.24) is 15.5 Å². The molecular weight excluding hydrogens is 254 g/mol. The van der Waals surface area contributed by atoms with Crippen LogP contribution in [0.5, 0.6) is 0 Å². The summed E-state index contributed by atoms with van der Waals surface area (Å²) in [5.41, 5.74) is 0. The zero-order valence-corrected chi connectivity index (χ0v) is 12.7. The Morgan fingerprint density at radius 3 is 2.60 bits per heavy atom. The average molecular weight is 281 g/mol. The highest BCUT2D eigenvalue weighted by Crippen LogP contribution is 2.36. The number of fused-ring (bicyclic) bond motifs is 1. The number of piperidine rings is 1. The first-order chi connectivity index (χ1) is 9.61. The van der Waals surface area contributed by atoms with Crippen molar-refractivity contribution in [3.63, 3.8) is 0 Å². The van der Waals surface area contributed by atoms with Crippen molar-refractivity contribution < 1.29 is 9.59 Å². The van der Waals surface area contributed by atoms with Gasteiger partial charge in [-0.2, -0.15) is 0 Å². The van der Waals surface area contributed by atoms with E-state index in [1.165, 1.54) is 32.1 Å². The van der Waals surface area contributed by atoms with E-state index < -0.39 is 6.03 Å². The summed E-state index contributed by atoms with van der Waals surface area (Å²) < 4.78 is 0. The van der Waals surface area contributed by atoms with E-state index in [0.29, 0.717) is 6.54 Å².